The van der Waals surface area contributed by atoms with Gasteiger partial charge in [0.1, 0.15) is 11.3 Å². The molecule has 7 heteroatoms. The molecule has 1 N–H and O–H groups in total. The van der Waals surface area contributed by atoms with Crippen LogP contribution in [0, 0.1) is 0 Å². The summed E-state index contributed by atoms with van der Waals surface area (Å²) in [4.78, 5) is 24.2. The van der Waals surface area contributed by atoms with Crippen LogP contribution in [-0.4, -0.2) is 41.6 Å². The number of aromatic carboxylic acids is 1. The molecule has 1 aromatic carbocycles. The molecule has 2 aliphatic rings. The molecule has 1 fully saturated rings. The molecular formula is C24H30N2O5. The molecule has 0 radical (unpaired) electrons. The Bertz CT molecular complexity index is 1070. The van der Waals surface area contributed by atoms with Crippen LogP contribution in [0.1, 0.15) is 67.6 Å². The number of hydrogen-bond acceptors (Lipinski definition) is 5. The Labute approximate surface area is 182 Å². The first-order valence-electron chi connectivity index (χ1n) is 10.9. The zero-order chi connectivity index (χ0) is 22.3. The Hall–Kier alpha value is -2.80. The van der Waals surface area contributed by atoms with E-state index in [0.717, 1.165) is 53.8 Å². The van der Waals surface area contributed by atoms with Crippen LogP contribution in [-0.2, 0) is 11.2 Å². The smallest absolute Gasteiger partial charge is 0.341 e. The van der Waals surface area contributed by atoms with E-state index < -0.39 is 11.4 Å². The molecule has 1 atom stereocenters. The molecule has 0 bridgehead atoms. The number of pyridine rings is 1. The minimum atomic E-state index is -1.20. The van der Waals surface area contributed by atoms with E-state index in [1.807, 2.05) is 4.68 Å². The van der Waals surface area contributed by atoms with Gasteiger partial charge in [-0.1, -0.05) is 6.92 Å². The fourth-order valence-electron chi connectivity index (χ4n) is 4.88. The first-order chi connectivity index (χ1) is 14.8. The number of fused-ring (bicyclic) bond motifs is 6. The first kappa shape index (κ1) is 21.4. The Morgan fingerprint density at radius 3 is 2.71 bits per heavy atom. The molecule has 0 spiro atoms. The highest BCUT2D eigenvalue weighted by molar-refractivity contribution is 5.88. The van der Waals surface area contributed by atoms with E-state index in [1.54, 1.807) is 7.11 Å². The van der Waals surface area contributed by atoms with Crippen LogP contribution in [0.5, 0.6) is 5.75 Å². The van der Waals surface area contributed by atoms with Gasteiger partial charge in [-0.15, -0.1) is 0 Å². The van der Waals surface area contributed by atoms with E-state index in [2.05, 4.69) is 37.9 Å². The molecule has 2 aliphatic heterocycles. The van der Waals surface area contributed by atoms with Crippen molar-refractivity contribution in [1.29, 1.82) is 0 Å². The summed E-state index contributed by atoms with van der Waals surface area (Å²) in [5.41, 5.74) is 3.06. The summed E-state index contributed by atoms with van der Waals surface area (Å²) < 4.78 is 13.1. The van der Waals surface area contributed by atoms with Crippen LogP contribution in [0.2, 0.25) is 0 Å². The van der Waals surface area contributed by atoms with Crippen molar-refractivity contribution in [2.24, 2.45) is 0 Å². The number of aryl methyl sites for hydroxylation is 1. The topological polar surface area (TPSA) is 81.0 Å². The quantitative estimate of drug-likeness (QED) is 0.679. The number of benzene rings is 1. The summed E-state index contributed by atoms with van der Waals surface area (Å²) in [6, 6.07) is 5.79. The van der Waals surface area contributed by atoms with Gasteiger partial charge in [0.25, 0.3) is 0 Å². The van der Waals surface area contributed by atoms with Crippen molar-refractivity contribution in [3.05, 3.63) is 51.3 Å². The lowest BCUT2D eigenvalue weighted by Gasteiger charge is -2.44. The zero-order valence-electron chi connectivity index (χ0n) is 18.6. The molecule has 7 nitrogen and oxygen atoms in total. The molecular weight excluding hydrogens is 396 g/mol. The van der Waals surface area contributed by atoms with E-state index in [-0.39, 0.29) is 17.1 Å². The lowest BCUT2D eigenvalue weighted by molar-refractivity contribution is 0.0694. The summed E-state index contributed by atoms with van der Waals surface area (Å²) in [5, 5.41) is 11.7. The number of aromatic nitrogens is 1. The molecule has 0 amide bonds. The average Bonchev–Trinajstić information content (AvgIpc) is 3.05. The van der Waals surface area contributed by atoms with Gasteiger partial charge in [-0.25, -0.2) is 4.79 Å². The number of rotatable bonds is 7. The average molecular weight is 427 g/mol. The van der Waals surface area contributed by atoms with E-state index in [1.165, 1.54) is 12.3 Å². The van der Waals surface area contributed by atoms with Gasteiger partial charge >= 0.3 is 5.97 Å². The lowest BCUT2D eigenvalue weighted by Crippen LogP contribution is -2.50. The van der Waals surface area contributed by atoms with Crippen LogP contribution in [0.3, 0.4) is 0 Å². The van der Waals surface area contributed by atoms with Crippen molar-refractivity contribution in [1.82, 2.24) is 4.68 Å². The van der Waals surface area contributed by atoms with E-state index >= 15 is 0 Å². The third-order valence-electron chi connectivity index (χ3n) is 6.44. The summed E-state index contributed by atoms with van der Waals surface area (Å²) in [6.45, 7) is 7.63. The molecule has 1 saturated heterocycles. The van der Waals surface area contributed by atoms with Crippen LogP contribution in [0.15, 0.2) is 29.2 Å². The largest absolute Gasteiger partial charge is 0.493 e. The molecule has 0 aliphatic carbocycles. The van der Waals surface area contributed by atoms with Gasteiger partial charge in [-0.2, -0.15) is 0 Å². The standard InChI is InChI=1S/C24H30N2O5/c1-5-15-11-16-17(12-22(15)31-10-6-9-30-4)19-7-8-24(2,3)26(19)25-14-18(23(28)29)21(27)13-20(16)25/h11-14,19H,5-10H2,1-4H3,(H,28,29)/t19-/m1/s1. The Balaban J connectivity index is 1.88. The second-order valence-corrected chi connectivity index (χ2v) is 8.89. The molecule has 1 aromatic heterocycles. The second-order valence-electron chi connectivity index (χ2n) is 8.89. The molecule has 4 rings (SSSR count). The Kier molecular flexibility index (Phi) is 5.56. The second kappa shape index (κ2) is 8.04. The zero-order valence-corrected chi connectivity index (χ0v) is 18.6. The van der Waals surface area contributed by atoms with Gasteiger partial charge in [0.15, 0.2) is 5.43 Å². The number of nitrogens with zero attached hydrogens (tertiary/aromatic N) is 2. The van der Waals surface area contributed by atoms with Crippen molar-refractivity contribution in [3.63, 3.8) is 0 Å². The number of carbonyl (C=O) groups is 1. The highest BCUT2D eigenvalue weighted by atomic mass is 16.5. The maximum atomic E-state index is 12.6. The summed E-state index contributed by atoms with van der Waals surface area (Å²) in [6.07, 6.45) is 5.01. The van der Waals surface area contributed by atoms with E-state index in [0.29, 0.717) is 13.2 Å². The number of ether oxygens (including phenoxy) is 2. The summed E-state index contributed by atoms with van der Waals surface area (Å²) >= 11 is 0. The van der Waals surface area contributed by atoms with Crippen LogP contribution >= 0.6 is 0 Å². The van der Waals surface area contributed by atoms with Gasteiger partial charge in [0, 0.05) is 38.0 Å². The minimum Gasteiger partial charge on any atom is -0.493 e. The molecule has 3 heterocycles. The number of carboxylic acid groups (broad SMARTS) is 1. The Morgan fingerprint density at radius 2 is 2.03 bits per heavy atom. The molecule has 0 saturated carbocycles. The summed E-state index contributed by atoms with van der Waals surface area (Å²) in [7, 11) is 1.68. The van der Waals surface area contributed by atoms with Crippen LogP contribution in [0.4, 0.5) is 0 Å². The SMILES string of the molecule is CCc1cc2c(cc1OCCCOC)[C@H]1CCC(C)(C)N1n1cc(C(=O)O)c(=O)cc1-2. The maximum Gasteiger partial charge on any atom is 0.341 e. The van der Waals surface area contributed by atoms with Crippen molar-refractivity contribution >= 4 is 5.97 Å². The van der Waals surface area contributed by atoms with Crippen molar-refractivity contribution in [2.45, 2.75) is 58.0 Å². The van der Waals surface area contributed by atoms with Crippen molar-refractivity contribution < 1.29 is 19.4 Å². The Morgan fingerprint density at radius 1 is 1.26 bits per heavy atom. The molecule has 0 unspecified atom stereocenters. The predicted octanol–water partition coefficient (Wildman–Crippen LogP) is 3.76. The third-order valence-corrected chi connectivity index (χ3v) is 6.44. The van der Waals surface area contributed by atoms with Crippen LogP contribution in [0.25, 0.3) is 11.3 Å². The molecule has 166 valence electrons. The van der Waals surface area contributed by atoms with Gasteiger partial charge in [0.2, 0.25) is 0 Å². The van der Waals surface area contributed by atoms with Gasteiger partial charge in [-0.3, -0.25) is 14.5 Å². The number of carboxylic acids is 1. The molecule has 2 aromatic rings. The van der Waals surface area contributed by atoms with Crippen molar-refractivity contribution in [2.75, 3.05) is 25.3 Å². The summed E-state index contributed by atoms with van der Waals surface area (Å²) in [5.74, 6) is -0.325. The third kappa shape index (κ3) is 3.61. The van der Waals surface area contributed by atoms with Crippen LogP contribution < -0.4 is 15.2 Å². The normalized spacial score (nSPS) is 18.3. The highest BCUT2D eigenvalue weighted by Gasteiger charge is 2.45. The van der Waals surface area contributed by atoms with E-state index in [9.17, 15) is 14.7 Å². The van der Waals surface area contributed by atoms with E-state index in [4.69, 9.17) is 9.47 Å². The monoisotopic (exact) mass is 426 g/mol. The highest BCUT2D eigenvalue weighted by Crippen LogP contribution is 2.49. The number of hydrogen-bond donors (Lipinski definition) is 1. The fraction of sp³-hybridized carbons (Fsp3) is 0.500. The first-order valence-corrected chi connectivity index (χ1v) is 10.9. The van der Waals surface area contributed by atoms with Crippen molar-refractivity contribution in [3.8, 4) is 17.0 Å². The van der Waals surface area contributed by atoms with Gasteiger partial charge in [-0.05, 0) is 56.4 Å². The lowest BCUT2D eigenvalue weighted by atomic mass is 9.91. The minimum absolute atomic E-state index is 0.0916. The fourth-order valence-corrected chi connectivity index (χ4v) is 4.88. The number of methoxy groups -OCH3 is 1. The predicted molar refractivity (Wildman–Crippen MR) is 119 cm³/mol. The van der Waals surface area contributed by atoms with Gasteiger partial charge < -0.3 is 14.6 Å². The molecule has 31 heavy (non-hydrogen) atoms. The maximum absolute atomic E-state index is 12.6. The van der Waals surface area contributed by atoms with Gasteiger partial charge in [0.05, 0.1) is 23.9 Å².